The van der Waals surface area contributed by atoms with E-state index in [1.54, 1.807) is 11.3 Å². The van der Waals surface area contributed by atoms with Crippen molar-refractivity contribution in [3.63, 3.8) is 0 Å². The molecule has 1 aromatic heterocycles. The quantitative estimate of drug-likeness (QED) is 0.610. The lowest BCUT2D eigenvalue weighted by atomic mass is 10.0. The number of carbonyl (C=O) groups excluding carboxylic acids is 2. The number of aryl methyl sites for hydroxylation is 1. The fraction of sp³-hybridized carbons (Fsp3) is 0.308. The Morgan fingerprint density at radius 1 is 0.750 bits per heavy atom. The van der Waals surface area contributed by atoms with Crippen molar-refractivity contribution in [2.45, 2.75) is 13.0 Å². The molecule has 2 aliphatic heterocycles. The molecule has 32 heavy (non-hydrogen) atoms. The molecule has 2 aliphatic rings. The zero-order valence-electron chi connectivity index (χ0n) is 18.2. The van der Waals surface area contributed by atoms with Crippen molar-refractivity contribution in [2.75, 3.05) is 39.3 Å². The number of carbonyl (C=O) groups is 2. The van der Waals surface area contributed by atoms with Crippen molar-refractivity contribution in [1.82, 2.24) is 14.7 Å². The van der Waals surface area contributed by atoms with Crippen LogP contribution in [0.25, 0.3) is 11.1 Å². The van der Waals surface area contributed by atoms with E-state index in [9.17, 15) is 9.59 Å². The smallest absolute Gasteiger partial charge is 0.264 e. The lowest BCUT2D eigenvalue weighted by Gasteiger charge is -2.48. The molecule has 2 aromatic carbocycles. The summed E-state index contributed by atoms with van der Waals surface area (Å²) in [6.07, 6.45) is 0. The molecule has 0 radical (unpaired) electrons. The molecular formula is C26H27N3O2S. The maximum absolute atomic E-state index is 12.9. The van der Waals surface area contributed by atoms with Crippen LogP contribution < -0.4 is 0 Å². The van der Waals surface area contributed by atoms with E-state index in [0.717, 1.165) is 60.8 Å². The second kappa shape index (κ2) is 8.88. The summed E-state index contributed by atoms with van der Waals surface area (Å²) in [6.45, 7) is 6.79. The van der Waals surface area contributed by atoms with Crippen LogP contribution >= 0.6 is 11.3 Å². The normalized spacial score (nSPS) is 17.3. The molecule has 0 spiro atoms. The van der Waals surface area contributed by atoms with Gasteiger partial charge in [-0.25, -0.2) is 0 Å². The lowest BCUT2D eigenvalue weighted by molar-refractivity contribution is 0.00863. The monoisotopic (exact) mass is 445 g/mol. The summed E-state index contributed by atoms with van der Waals surface area (Å²) in [5.74, 6) is 0.245. The third-order valence-electron chi connectivity index (χ3n) is 6.46. The molecule has 2 fully saturated rings. The second-order valence-corrected chi connectivity index (χ2v) is 9.83. The largest absolute Gasteiger partial charge is 0.335 e. The molecule has 0 saturated carbocycles. The number of nitrogens with zero attached hydrogens (tertiary/aromatic N) is 3. The van der Waals surface area contributed by atoms with E-state index < -0.39 is 0 Å². The van der Waals surface area contributed by atoms with E-state index in [4.69, 9.17) is 0 Å². The minimum absolute atomic E-state index is 0.0998. The number of benzene rings is 2. The summed E-state index contributed by atoms with van der Waals surface area (Å²) < 4.78 is 0. The molecule has 5 nitrogen and oxygen atoms in total. The lowest BCUT2D eigenvalue weighted by Crippen LogP contribution is -2.64. The molecule has 3 heterocycles. The van der Waals surface area contributed by atoms with Crippen LogP contribution in [0.15, 0.2) is 66.7 Å². The highest BCUT2D eigenvalue weighted by atomic mass is 32.1. The van der Waals surface area contributed by atoms with Crippen LogP contribution in [0.1, 0.15) is 24.9 Å². The molecular weight excluding hydrogens is 418 g/mol. The van der Waals surface area contributed by atoms with Gasteiger partial charge in [-0.1, -0.05) is 42.5 Å². The first-order chi connectivity index (χ1) is 15.6. The fourth-order valence-electron chi connectivity index (χ4n) is 4.47. The van der Waals surface area contributed by atoms with Gasteiger partial charge in [0.2, 0.25) is 0 Å². The Hall–Kier alpha value is -2.96. The Labute approximate surface area is 192 Å². The molecule has 164 valence electrons. The highest BCUT2D eigenvalue weighted by molar-refractivity contribution is 7.13. The van der Waals surface area contributed by atoms with Crippen LogP contribution in [-0.4, -0.2) is 71.8 Å². The van der Waals surface area contributed by atoms with E-state index in [1.807, 2.05) is 71.3 Å². The average molecular weight is 446 g/mol. The van der Waals surface area contributed by atoms with Gasteiger partial charge in [-0.2, -0.15) is 0 Å². The average Bonchev–Trinajstić information content (AvgIpc) is 3.25. The summed E-state index contributed by atoms with van der Waals surface area (Å²) >= 11 is 1.56. The molecule has 3 aromatic rings. The van der Waals surface area contributed by atoms with Gasteiger partial charge in [0.1, 0.15) is 0 Å². The van der Waals surface area contributed by atoms with Gasteiger partial charge in [0.25, 0.3) is 11.8 Å². The fourth-order valence-corrected chi connectivity index (χ4v) is 5.30. The molecule has 2 amide bonds. The van der Waals surface area contributed by atoms with E-state index in [0.29, 0.717) is 6.04 Å². The number of likely N-dealkylation sites (tertiary alicyclic amines) is 1. The predicted molar refractivity (Wildman–Crippen MR) is 128 cm³/mol. The summed E-state index contributed by atoms with van der Waals surface area (Å²) in [4.78, 5) is 33.8. The van der Waals surface area contributed by atoms with Crippen LogP contribution in [0.3, 0.4) is 0 Å². The Morgan fingerprint density at radius 3 is 2.03 bits per heavy atom. The van der Waals surface area contributed by atoms with Crippen LogP contribution in [0.2, 0.25) is 0 Å². The van der Waals surface area contributed by atoms with Crippen LogP contribution in [0, 0.1) is 6.92 Å². The van der Waals surface area contributed by atoms with Gasteiger partial charge in [0, 0.05) is 55.8 Å². The maximum atomic E-state index is 12.9. The van der Waals surface area contributed by atoms with E-state index in [-0.39, 0.29) is 11.8 Å². The zero-order valence-corrected chi connectivity index (χ0v) is 19.1. The Bertz CT molecular complexity index is 1100. The summed E-state index contributed by atoms with van der Waals surface area (Å²) in [6, 6.07) is 22.4. The minimum atomic E-state index is 0.0998. The van der Waals surface area contributed by atoms with Crippen LogP contribution in [0.5, 0.6) is 0 Å². The third-order valence-corrected chi connectivity index (χ3v) is 7.45. The first-order valence-electron chi connectivity index (χ1n) is 11.1. The number of piperazine rings is 1. The number of hydrogen-bond acceptors (Lipinski definition) is 4. The van der Waals surface area contributed by atoms with Crippen molar-refractivity contribution < 1.29 is 9.59 Å². The van der Waals surface area contributed by atoms with Gasteiger partial charge in [0.05, 0.1) is 4.88 Å². The van der Waals surface area contributed by atoms with Crippen LogP contribution in [0.4, 0.5) is 0 Å². The zero-order chi connectivity index (χ0) is 22.1. The Kier molecular flexibility index (Phi) is 5.81. The van der Waals surface area contributed by atoms with Gasteiger partial charge in [-0.3, -0.25) is 14.5 Å². The predicted octanol–water partition coefficient (Wildman–Crippen LogP) is 4.01. The molecule has 2 saturated heterocycles. The molecule has 5 rings (SSSR count). The van der Waals surface area contributed by atoms with Crippen molar-refractivity contribution in [3.05, 3.63) is 82.0 Å². The number of amides is 2. The van der Waals surface area contributed by atoms with Gasteiger partial charge < -0.3 is 9.80 Å². The highest BCUT2D eigenvalue weighted by Gasteiger charge is 2.37. The van der Waals surface area contributed by atoms with Crippen molar-refractivity contribution >= 4 is 23.2 Å². The molecule has 0 bridgehead atoms. The molecule has 0 N–H and O–H groups in total. The first-order valence-corrected chi connectivity index (χ1v) is 11.9. The molecule has 0 atom stereocenters. The first kappa shape index (κ1) is 20.9. The molecule has 0 aliphatic carbocycles. The highest BCUT2D eigenvalue weighted by Crippen LogP contribution is 2.24. The Balaban J connectivity index is 1.11. The van der Waals surface area contributed by atoms with E-state index >= 15 is 0 Å². The Morgan fingerprint density at radius 2 is 1.41 bits per heavy atom. The van der Waals surface area contributed by atoms with Crippen molar-refractivity contribution in [2.24, 2.45) is 0 Å². The van der Waals surface area contributed by atoms with E-state index in [1.165, 1.54) is 4.88 Å². The number of rotatable bonds is 4. The second-order valence-electron chi connectivity index (χ2n) is 8.55. The van der Waals surface area contributed by atoms with E-state index in [2.05, 4.69) is 17.0 Å². The van der Waals surface area contributed by atoms with Gasteiger partial charge in [-0.05, 0) is 42.3 Å². The molecule has 6 heteroatoms. The minimum Gasteiger partial charge on any atom is -0.335 e. The van der Waals surface area contributed by atoms with Gasteiger partial charge >= 0.3 is 0 Å². The van der Waals surface area contributed by atoms with Gasteiger partial charge in [-0.15, -0.1) is 11.3 Å². The van der Waals surface area contributed by atoms with Crippen molar-refractivity contribution in [3.8, 4) is 11.1 Å². The summed E-state index contributed by atoms with van der Waals surface area (Å²) in [7, 11) is 0. The SMILES string of the molecule is Cc1ccc(C(=O)N2CCN(C3CN(C(=O)c4ccc(-c5ccccc5)cc4)C3)CC2)s1. The van der Waals surface area contributed by atoms with Crippen LogP contribution in [-0.2, 0) is 0 Å². The topological polar surface area (TPSA) is 43.9 Å². The number of thiophene rings is 1. The molecule has 0 unspecified atom stereocenters. The third kappa shape index (κ3) is 4.20. The van der Waals surface area contributed by atoms with Crippen molar-refractivity contribution in [1.29, 1.82) is 0 Å². The van der Waals surface area contributed by atoms with Gasteiger partial charge in [0.15, 0.2) is 0 Å². The maximum Gasteiger partial charge on any atom is 0.264 e. The summed E-state index contributed by atoms with van der Waals surface area (Å²) in [5, 5.41) is 0. The summed E-state index contributed by atoms with van der Waals surface area (Å²) in [5.41, 5.74) is 3.01. The standard InChI is InChI=1S/C26H27N3O2S/c1-19-7-12-24(32-19)26(31)28-15-13-27(14-16-28)23-17-29(18-23)25(30)22-10-8-21(9-11-22)20-5-3-2-4-6-20/h2-12,23H,13-18H2,1H3. The number of hydrogen-bond donors (Lipinski definition) is 0.